The number of nitrogens with two attached hydrogens (primary N) is 1. The van der Waals surface area contributed by atoms with E-state index in [1.807, 2.05) is 18.2 Å². The number of rotatable bonds is 7. The minimum atomic E-state index is -0.166. The van der Waals surface area contributed by atoms with E-state index in [1.54, 1.807) is 0 Å². The molecule has 4 nitrogen and oxygen atoms in total. The van der Waals surface area contributed by atoms with Gasteiger partial charge in [-0.05, 0) is 24.1 Å². The predicted molar refractivity (Wildman–Crippen MR) is 79.2 cm³/mol. The zero-order valence-corrected chi connectivity index (χ0v) is 11.5. The van der Waals surface area contributed by atoms with Crippen LogP contribution in [-0.2, 0) is 0 Å². The molecule has 1 aromatic carbocycles. The van der Waals surface area contributed by atoms with E-state index in [-0.39, 0.29) is 11.7 Å². The number of imidazole rings is 1. The zero-order valence-electron chi connectivity index (χ0n) is 11.5. The van der Waals surface area contributed by atoms with Gasteiger partial charge in [0.25, 0.3) is 0 Å². The van der Waals surface area contributed by atoms with Gasteiger partial charge in [-0.3, -0.25) is 0 Å². The first-order valence-electron chi connectivity index (χ1n) is 7.18. The van der Waals surface area contributed by atoms with E-state index in [0.717, 1.165) is 23.0 Å². The van der Waals surface area contributed by atoms with Crippen molar-refractivity contribution in [2.75, 3.05) is 0 Å². The highest BCUT2D eigenvalue weighted by Crippen LogP contribution is 2.20. The van der Waals surface area contributed by atoms with E-state index in [0.29, 0.717) is 0 Å². The van der Waals surface area contributed by atoms with Gasteiger partial charge in [0.15, 0.2) is 0 Å². The molecule has 0 saturated heterocycles. The summed E-state index contributed by atoms with van der Waals surface area (Å²) in [6.45, 7) is 2.22. The highest BCUT2D eigenvalue weighted by atomic mass is 16.1. The normalized spacial score (nSPS) is 12.9. The Morgan fingerprint density at radius 2 is 1.84 bits per heavy atom. The largest absolute Gasteiger partial charge is 0.324 e. The summed E-state index contributed by atoms with van der Waals surface area (Å²) < 4.78 is 0. The molecule has 1 heterocycles. The van der Waals surface area contributed by atoms with Crippen LogP contribution in [0.5, 0.6) is 0 Å². The average Bonchev–Trinajstić information content (AvgIpc) is 2.77. The van der Waals surface area contributed by atoms with Crippen molar-refractivity contribution in [3.05, 3.63) is 34.2 Å². The molecule has 4 heteroatoms. The molecule has 2 rings (SSSR count). The standard InChI is InChI=1S/C15H23N3O/c1-2-3-4-5-6-7-12(16)11-8-9-13-14(10-11)18-15(19)17-13/h8-10,12H,2-7,16H2,1H3,(H2,17,18,19). The minimum absolute atomic E-state index is 0.0597. The highest BCUT2D eigenvalue weighted by molar-refractivity contribution is 5.75. The smallest absolute Gasteiger partial charge is 0.323 e. The molecule has 1 atom stereocenters. The molecule has 0 saturated carbocycles. The van der Waals surface area contributed by atoms with Crippen molar-refractivity contribution in [2.24, 2.45) is 5.73 Å². The number of unbranched alkanes of at least 4 members (excludes halogenated alkanes) is 4. The first kappa shape index (κ1) is 13.9. The molecule has 2 aromatic rings. The molecule has 104 valence electrons. The molecule has 19 heavy (non-hydrogen) atoms. The quantitative estimate of drug-likeness (QED) is 0.669. The van der Waals surface area contributed by atoms with E-state index in [9.17, 15) is 4.79 Å². The first-order chi connectivity index (χ1) is 9.20. The third-order valence-corrected chi connectivity index (χ3v) is 3.59. The van der Waals surface area contributed by atoms with Crippen molar-refractivity contribution in [1.82, 2.24) is 9.97 Å². The second-order valence-corrected chi connectivity index (χ2v) is 5.19. The number of nitrogens with one attached hydrogen (secondary N) is 2. The Hall–Kier alpha value is -1.55. The van der Waals surface area contributed by atoms with Crippen LogP contribution in [0.25, 0.3) is 11.0 Å². The third kappa shape index (κ3) is 3.70. The number of benzene rings is 1. The molecule has 0 aliphatic heterocycles. The zero-order chi connectivity index (χ0) is 13.7. The number of hydrogen-bond acceptors (Lipinski definition) is 2. The van der Waals surface area contributed by atoms with E-state index >= 15 is 0 Å². The van der Waals surface area contributed by atoms with Crippen LogP contribution in [-0.4, -0.2) is 9.97 Å². The van der Waals surface area contributed by atoms with Crippen molar-refractivity contribution in [1.29, 1.82) is 0 Å². The summed E-state index contributed by atoms with van der Waals surface area (Å²) in [6, 6.07) is 5.95. The molecule has 0 radical (unpaired) electrons. The van der Waals surface area contributed by atoms with E-state index < -0.39 is 0 Å². The first-order valence-corrected chi connectivity index (χ1v) is 7.18. The van der Waals surface area contributed by atoms with Crippen LogP contribution in [0.15, 0.2) is 23.0 Å². The maximum Gasteiger partial charge on any atom is 0.323 e. The SMILES string of the molecule is CCCCCCCC(N)c1ccc2[nH]c(=O)[nH]c2c1. The van der Waals surface area contributed by atoms with Crippen LogP contribution in [0.2, 0.25) is 0 Å². The lowest BCUT2D eigenvalue weighted by molar-refractivity contribution is 0.555. The molecule has 4 N–H and O–H groups in total. The van der Waals surface area contributed by atoms with E-state index in [2.05, 4.69) is 16.9 Å². The van der Waals surface area contributed by atoms with Gasteiger partial charge in [0.05, 0.1) is 11.0 Å². The lowest BCUT2D eigenvalue weighted by atomic mass is 10.0. The number of aromatic amines is 2. The number of hydrogen-bond donors (Lipinski definition) is 3. The maximum absolute atomic E-state index is 11.2. The summed E-state index contributed by atoms with van der Waals surface area (Å²) in [4.78, 5) is 16.7. The second kappa shape index (κ2) is 6.57. The summed E-state index contributed by atoms with van der Waals surface area (Å²) in [6.07, 6.45) is 7.31. The Morgan fingerprint density at radius 3 is 2.63 bits per heavy atom. The number of aromatic nitrogens is 2. The average molecular weight is 261 g/mol. The second-order valence-electron chi connectivity index (χ2n) is 5.19. The van der Waals surface area contributed by atoms with Gasteiger partial charge in [-0.15, -0.1) is 0 Å². The van der Waals surface area contributed by atoms with Gasteiger partial charge < -0.3 is 15.7 Å². The van der Waals surface area contributed by atoms with Crippen LogP contribution in [0, 0.1) is 0 Å². The topological polar surface area (TPSA) is 74.7 Å². The van der Waals surface area contributed by atoms with Gasteiger partial charge in [0.2, 0.25) is 0 Å². The monoisotopic (exact) mass is 261 g/mol. The molecular formula is C15H23N3O. The predicted octanol–water partition coefficient (Wildman–Crippen LogP) is 3.22. The molecule has 0 fully saturated rings. The van der Waals surface area contributed by atoms with Gasteiger partial charge in [0, 0.05) is 6.04 Å². The fourth-order valence-corrected chi connectivity index (χ4v) is 2.42. The van der Waals surface area contributed by atoms with Crippen LogP contribution >= 0.6 is 0 Å². The Morgan fingerprint density at radius 1 is 1.11 bits per heavy atom. The van der Waals surface area contributed by atoms with Crippen molar-refractivity contribution in [3.8, 4) is 0 Å². The lowest BCUT2D eigenvalue weighted by Crippen LogP contribution is -2.10. The van der Waals surface area contributed by atoms with E-state index in [1.165, 1.54) is 32.1 Å². The summed E-state index contributed by atoms with van der Waals surface area (Å²) in [7, 11) is 0. The molecule has 1 aromatic heterocycles. The van der Waals surface area contributed by atoms with Gasteiger partial charge >= 0.3 is 5.69 Å². The van der Waals surface area contributed by atoms with Gasteiger partial charge in [-0.25, -0.2) is 4.79 Å². The molecule has 1 unspecified atom stereocenters. The van der Waals surface area contributed by atoms with Gasteiger partial charge in [-0.1, -0.05) is 45.1 Å². The van der Waals surface area contributed by atoms with Crippen molar-refractivity contribution >= 4 is 11.0 Å². The van der Waals surface area contributed by atoms with Crippen LogP contribution in [0.1, 0.15) is 57.1 Å². The fraction of sp³-hybridized carbons (Fsp3) is 0.533. The third-order valence-electron chi connectivity index (χ3n) is 3.59. The molecule has 0 bridgehead atoms. The van der Waals surface area contributed by atoms with Gasteiger partial charge in [0.1, 0.15) is 0 Å². The fourth-order valence-electron chi connectivity index (χ4n) is 2.42. The van der Waals surface area contributed by atoms with E-state index in [4.69, 9.17) is 5.73 Å². The Kier molecular flexibility index (Phi) is 4.80. The maximum atomic E-state index is 11.2. The molecule has 0 aliphatic carbocycles. The molecule has 0 amide bonds. The van der Waals surface area contributed by atoms with Crippen molar-refractivity contribution in [3.63, 3.8) is 0 Å². The van der Waals surface area contributed by atoms with Gasteiger partial charge in [-0.2, -0.15) is 0 Å². The summed E-state index contributed by atoms with van der Waals surface area (Å²) in [5.41, 5.74) is 8.81. The van der Waals surface area contributed by atoms with Crippen LogP contribution in [0.4, 0.5) is 0 Å². The lowest BCUT2D eigenvalue weighted by Gasteiger charge is -2.11. The Bertz CT molecular complexity index is 570. The molecule has 0 spiro atoms. The highest BCUT2D eigenvalue weighted by Gasteiger charge is 2.07. The summed E-state index contributed by atoms with van der Waals surface area (Å²) in [5.74, 6) is 0. The van der Waals surface area contributed by atoms with Crippen molar-refractivity contribution < 1.29 is 0 Å². The minimum Gasteiger partial charge on any atom is -0.324 e. The Labute approximate surface area is 113 Å². The molecule has 0 aliphatic rings. The summed E-state index contributed by atoms with van der Waals surface area (Å²) in [5, 5.41) is 0. The summed E-state index contributed by atoms with van der Waals surface area (Å²) >= 11 is 0. The Balaban J connectivity index is 1.93. The number of fused-ring (bicyclic) bond motifs is 1. The molecular weight excluding hydrogens is 238 g/mol. The van der Waals surface area contributed by atoms with Crippen molar-refractivity contribution in [2.45, 2.75) is 51.5 Å². The number of H-pyrrole nitrogens is 2. The van der Waals surface area contributed by atoms with Crippen LogP contribution in [0.3, 0.4) is 0 Å². The van der Waals surface area contributed by atoms with Crippen LogP contribution < -0.4 is 11.4 Å².